The molecule has 0 fully saturated rings. The van der Waals surface area contributed by atoms with Gasteiger partial charge in [0.05, 0.1) is 0 Å². The van der Waals surface area contributed by atoms with E-state index in [1.54, 1.807) is 0 Å². The van der Waals surface area contributed by atoms with Crippen molar-refractivity contribution in [3.05, 3.63) is 182 Å². The molecule has 0 radical (unpaired) electrons. The number of nitrogens with zero attached hydrogens (tertiary/aromatic N) is 2. The highest BCUT2D eigenvalue weighted by atomic mass is 16.5. The zero-order valence-electron chi connectivity index (χ0n) is 30.2. The van der Waals surface area contributed by atoms with Gasteiger partial charge in [0.2, 0.25) is 0 Å². The predicted molar refractivity (Wildman–Crippen MR) is 227 cm³/mol. The number of anilines is 5. The molecule has 5 heteroatoms. The van der Waals surface area contributed by atoms with E-state index in [0.29, 0.717) is 0 Å². The van der Waals surface area contributed by atoms with Gasteiger partial charge in [-0.05, 0) is 108 Å². The van der Waals surface area contributed by atoms with Crippen LogP contribution in [0.15, 0.2) is 186 Å². The van der Waals surface area contributed by atoms with Crippen LogP contribution in [0.2, 0.25) is 0 Å². The van der Waals surface area contributed by atoms with Gasteiger partial charge in [0, 0.05) is 51.0 Å². The highest BCUT2D eigenvalue weighted by Crippen LogP contribution is 2.43. The summed E-state index contributed by atoms with van der Waals surface area (Å²) in [5.74, 6) is 1.75. The van der Waals surface area contributed by atoms with Gasteiger partial charge in [-0.2, -0.15) is 0 Å². The van der Waals surface area contributed by atoms with Crippen molar-refractivity contribution in [2.45, 2.75) is 20.3 Å². The average molecular weight is 697 g/mol. The van der Waals surface area contributed by atoms with Crippen LogP contribution in [0.1, 0.15) is 20.3 Å². The second-order valence-corrected chi connectivity index (χ2v) is 13.9. The van der Waals surface area contributed by atoms with Crippen LogP contribution in [0.4, 0.5) is 28.4 Å². The van der Waals surface area contributed by atoms with Gasteiger partial charge in [0.15, 0.2) is 0 Å². The smallest absolute Gasteiger partial charge is 0.256 e. The molecule has 8 aromatic rings. The Hall–Kier alpha value is -6.72. The van der Waals surface area contributed by atoms with Gasteiger partial charge < -0.3 is 19.0 Å². The maximum atomic E-state index is 6.93. The maximum absolute atomic E-state index is 6.93. The SMILES string of the molecule is C/C=C(\C=C/CC)N1c2ccccc2B2c3ccc(N(c4ccc(-c5ccccc5)cc4)c4ccc5oc6ccccc6c5c4)cc3Oc3cccc1c32. The molecule has 7 aromatic carbocycles. The zero-order chi connectivity index (χ0) is 36.2. The lowest BCUT2D eigenvalue weighted by atomic mass is 9.34. The van der Waals surface area contributed by atoms with Crippen LogP contribution in [0.5, 0.6) is 11.5 Å². The Kier molecular flexibility index (Phi) is 7.73. The summed E-state index contributed by atoms with van der Waals surface area (Å²) in [4.78, 5) is 4.70. The van der Waals surface area contributed by atoms with Crippen molar-refractivity contribution < 1.29 is 9.15 Å². The number of ether oxygens (including phenoxy) is 1. The normalized spacial score (nSPS) is 13.2. The highest BCUT2D eigenvalue weighted by molar-refractivity contribution is 6.99. The molecular formula is C49H37BN2O2. The molecule has 1 aromatic heterocycles. The number of hydrogen-bond acceptors (Lipinski definition) is 4. The molecule has 0 unspecified atom stereocenters. The Morgan fingerprint density at radius 1 is 0.611 bits per heavy atom. The van der Waals surface area contributed by atoms with Crippen molar-refractivity contribution in [1.82, 2.24) is 0 Å². The number of benzene rings is 7. The molecule has 0 amide bonds. The van der Waals surface area contributed by atoms with E-state index < -0.39 is 0 Å². The third kappa shape index (κ3) is 5.15. The van der Waals surface area contributed by atoms with Crippen LogP contribution in [-0.4, -0.2) is 6.71 Å². The minimum absolute atomic E-state index is 0.0296. The van der Waals surface area contributed by atoms with Gasteiger partial charge in [-0.25, -0.2) is 0 Å². The molecule has 0 bridgehead atoms. The number of furan rings is 1. The Balaban J connectivity index is 1.13. The molecule has 2 aliphatic rings. The fourth-order valence-electron chi connectivity index (χ4n) is 8.31. The quantitative estimate of drug-likeness (QED) is 0.123. The van der Waals surface area contributed by atoms with Crippen molar-refractivity contribution in [2.24, 2.45) is 0 Å². The Morgan fingerprint density at radius 2 is 1.31 bits per heavy atom. The lowest BCUT2D eigenvalue weighted by Crippen LogP contribution is -2.59. The van der Waals surface area contributed by atoms with E-state index >= 15 is 0 Å². The summed E-state index contributed by atoms with van der Waals surface area (Å²) in [6.45, 7) is 4.31. The fourth-order valence-corrected chi connectivity index (χ4v) is 8.31. The lowest BCUT2D eigenvalue weighted by Gasteiger charge is -2.40. The highest BCUT2D eigenvalue weighted by Gasteiger charge is 2.41. The van der Waals surface area contributed by atoms with Crippen molar-refractivity contribution in [3.8, 4) is 22.6 Å². The number of allylic oxidation sites excluding steroid dienone is 3. The zero-order valence-corrected chi connectivity index (χ0v) is 30.2. The molecule has 0 saturated carbocycles. The fraction of sp³-hybridized carbons (Fsp3) is 0.0612. The van der Waals surface area contributed by atoms with E-state index in [4.69, 9.17) is 9.15 Å². The Labute approximate surface area is 315 Å². The predicted octanol–water partition coefficient (Wildman–Crippen LogP) is 11.7. The second-order valence-electron chi connectivity index (χ2n) is 13.9. The molecule has 3 heterocycles. The third-order valence-corrected chi connectivity index (χ3v) is 10.8. The van der Waals surface area contributed by atoms with Crippen molar-refractivity contribution in [1.29, 1.82) is 0 Å². The summed E-state index contributed by atoms with van der Waals surface area (Å²) in [6.07, 6.45) is 7.62. The van der Waals surface area contributed by atoms with Gasteiger partial charge in [0.1, 0.15) is 22.7 Å². The first-order valence-electron chi connectivity index (χ1n) is 18.7. The molecule has 54 heavy (non-hydrogen) atoms. The van der Waals surface area contributed by atoms with Crippen LogP contribution in [0.25, 0.3) is 33.1 Å². The van der Waals surface area contributed by atoms with E-state index in [1.165, 1.54) is 27.7 Å². The standard InChI is InChI=1S/C49H37BN2O2/c1-3-5-16-35(4-2)52-43-19-11-10-18-41(43)50-42-29-27-38(32-48(42)54-47-22-13-20-44(52)49(47)50)51(36-25-23-34(24-26-36)33-14-7-6-8-15-33)37-28-30-46-40(31-37)39-17-9-12-21-45(39)53-46/h4-32H,3H2,1-2H3/b16-5-,35-4+. The van der Waals surface area contributed by atoms with Crippen LogP contribution in [0, 0.1) is 0 Å². The molecule has 0 saturated heterocycles. The maximum Gasteiger partial charge on any atom is 0.256 e. The lowest BCUT2D eigenvalue weighted by molar-refractivity contribution is 0.487. The molecule has 0 atom stereocenters. The van der Waals surface area contributed by atoms with Gasteiger partial charge in [0.25, 0.3) is 6.71 Å². The first kappa shape index (κ1) is 32.0. The Morgan fingerprint density at radius 3 is 2.17 bits per heavy atom. The third-order valence-electron chi connectivity index (χ3n) is 10.8. The molecule has 0 spiro atoms. The first-order chi connectivity index (χ1) is 26.7. The molecule has 2 aliphatic heterocycles. The number of para-hydroxylation sites is 2. The van der Waals surface area contributed by atoms with E-state index in [9.17, 15) is 0 Å². The number of rotatable bonds is 7. The van der Waals surface area contributed by atoms with Gasteiger partial charge in [-0.15, -0.1) is 0 Å². The Bertz CT molecular complexity index is 2760. The van der Waals surface area contributed by atoms with E-state index in [0.717, 1.165) is 73.8 Å². The van der Waals surface area contributed by atoms with Gasteiger partial charge >= 0.3 is 0 Å². The largest absolute Gasteiger partial charge is 0.458 e. The minimum atomic E-state index is 0.0296. The first-order valence-corrected chi connectivity index (χ1v) is 18.7. The molecule has 4 nitrogen and oxygen atoms in total. The molecule has 258 valence electrons. The van der Waals surface area contributed by atoms with Gasteiger partial charge in [-0.1, -0.05) is 110 Å². The summed E-state index contributed by atoms with van der Waals surface area (Å²) >= 11 is 0. The topological polar surface area (TPSA) is 28.9 Å². The van der Waals surface area contributed by atoms with Crippen LogP contribution in [-0.2, 0) is 0 Å². The summed E-state index contributed by atoms with van der Waals surface area (Å²) in [7, 11) is 0. The minimum Gasteiger partial charge on any atom is -0.458 e. The summed E-state index contributed by atoms with van der Waals surface area (Å²) in [5.41, 5.74) is 14.4. The second kappa shape index (κ2) is 13.0. The van der Waals surface area contributed by atoms with E-state index in [2.05, 4.69) is 187 Å². The van der Waals surface area contributed by atoms with Crippen molar-refractivity contribution in [2.75, 3.05) is 9.80 Å². The van der Waals surface area contributed by atoms with Crippen LogP contribution in [0.3, 0.4) is 0 Å². The van der Waals surface area contributed by atoms with Crippen LogP contribution < -0.4 is 30.9 Å². The summed E-state index contributed by atoms with van der Waals surface area (Å²) in [6, 6.07) is 56.1. The number of fused-ring (bicyclic) bond motifs is 7. The average Bonchev–Trinajstić information content (AvgIpc) is 3.60. The molecule has 0 N–H and O–H groups in total. The summed E-state index contributed by atoms with van der Waals surface area (Å²) < 4.78 is 13.2. The monoisotopic (exact) mass is 696 g/mol. The van der Waals surface area contributed by atoms with E-state index in [-0.39, 0.29) is 6.71 Å². The van der Waals surface area contributed by atoms with Crippen molar-refractivity contribution >= 4 is 73.5 Å². The molecule has 10 rings (SSSR count). The summed E-state index contributed by atoms with van der Waals surface area (Å²) in [5, 5.41) is 2.19. The molecule has 0 aliphatic carbocycles. The van der Waals surface area contributed by atoms with E-state index in [1.807, 2.05) is 12.1 Å². The van der Waals surface area contributed by atoms with Crippen LogP contribution >= 0.6 is 0 Å². The van der Waals surface area contributed by atoms with Gasteiger partial charge in [-0.3, -0.25) is 0 Å². The molecular weight excluding hydrogens is 659 g/mol. The number of hydrogen-bond donors (Lipinski definition) is 0. The van der Waals surface area contributed by atoms with Crippen molar-refractivity contribution in [3.63, 3.8) is 0 Å².